The Morgan fingerprint density at radius 2 is 1.00 bits per heavy atom. The van der Waals surface area contributed by atoms with Crippen molar-refractivity contribution >= 4 is 11.4 Å². The molecule has 5 rings (SSSR count). The van der Waals surface area contributed by atoms with Crippen LogP contribution >= 0.6 is 0 Å². The summed E-state index contributed by atoms with van der Waals surface area (Å²) in [5.41, 5.74) is 15.2. The molecule has 2 heterocycles. The Bertz CT molecular complexity index is 1120. The number of benzene rings is 2. The summed E-state index contributed by atoms with van der Waals surface area (Å²) in [4.78, 5) is 8.44. The van der Waals surface area contributed by atoms with Crippen molar-refractivity contribution in [3.63, 3.8) is 0 Å². The lowest BCUT2D eigenvalue weighted by molar-refractivity contribution is 0.345. The van der Waals surface area contributed by atoms with E-state index in [9.17, 15) is 0 Å². The van der Waals surface area contributed by atoms with Crippen LogP contribution in [0.5, 0.6) is 23.3 Å². The van der Waals surface area contributed by atoms with Crippen LogP contribution in [-0.4, -0.2) is 9.97 Å². The first-order chi connectivity index (χ1) is 16.6. The van der Waals surface area contributed by atoms with E-state index in [1.807, 2.05) is 24.3 Å². The number of hydrogen-bond acceptors (Lipinski definition) is 6. The Kier molecular flexibility index (Phi) is 6.04. The Morgan fingerprint density at radius 1 is 0.559 bits per heavy atom. The summed E-state index contributed by atoms with van der Waals surface area (Å²) in [6, 6.07) is 23.9. The molecule has 172 valence electrons. The van der Waals surface area contributed by atoms with Crippen molar-refractivity contribution in [2.24, 2.45) is 0 Å². The molecule has 0 amide bonds. The minimum Gasteiger partial charge on any atom is -0.439 e. The maximum atomic E-state index is 5.90. The molecule has 0 aliphatic heterocycles. The van der Waals surface area contributed by atoms with Gasteiger partial charge >= 0.3 is 0 Å². The highest BCUT2D eigenvalue weighted by molar-refractivity contribution is 5.45. The maximum Gasteiger partial charge on any atom is 0.219 e. The van der Waals surface area contributed by atoms with Crippen LogP contribution in [0.2, 0.25) is 0 Å². The number of nitrogen functional groups attached to an aromatic ring is 2. The number of rotatable bonds is 6. The van der Waals surface area contributed by atoms with Crippen LogP contribution in [0.15, 0.2) is 85.2 Å². The summed E-state index contributed by atoms with van der Waals surface area (Å²) in [5.74, 6) is 2.57. The van der Waals surface area contributed by atoms with E-state index >= 15 is 0 Å². The standard InChI is InChI=1S/C28H28N4O2/c29-22-8-14-26(31-18-22)33-24-10-4-20(5-11-24)28(16-2-1-3-17-28)21-6-12-25(13-7-21)34-27-15-9-23(30)19-32-27/h4-15,18-19H,1-3,16-17,29-30H2. The second-order valence-electron chi connectivity index (χ2n) is 8.76. The van der Waals surface area contributed by atoms with Gasteiger partial charge in [-0.25, -0.2) is 9.97 Å². The molecule has 6 heteroatoms. The molecule has 6 nitrogen and oxygen atoms in total. The van der Waals surface area contributed by atoms with Gasteiger partial charge in [0.15, 0.2) is 0 Å². The Balaban J connectivity index is 1.38. The molecule has 2 aromatic carbocycles. The SMILES string of the molecule is Nc1ccc(Oc2ccc(C3(c4ccc(Oc5ccc(N)cn5)cc4)CCCCC3)cc2)nc1. The van der Waals surface area contributed by atoms with Gasteiger partial charge in [0.05, 0.1) is 23.8 Å². The molecule has 0 unspecified atom stereocenters. The predicted molar refractivity (Wildman–Crippen MR) is 134 cm³/mol. The molecule has 1 aliphatic rings. The largest absolute Gasteiger partial charge is 0.439 e. The third kappa shape index (κ3) is 4.66. The van der Waals surface area contributed by atoms with Crippen molar-refractivity contribution in [3.05, 3.63) is 96.3 Å². The van der Waals surface area contributed by atoms with Crippen molar-refractivity contribution in [3.8, 4) is 23.3 Å². The molecule has 1 saturated carbocycles. The smallest absolute Gasteiger partial charge is 0.219 e. The lowest BCUT2D eigenvalue weighted by Gasteiger charge is -2.38. The second-order valence-corrected chi connectivity index (χ2v) is 8.76. The van der Waals surface area contributed by atoms with E-state index < -0.39 is 0 Å². The summed E-state index contributed by atoms with van der Waals surface area (Å²) < 4.78 is 11.8. The molecule has 2 aromatic heterocycles. The molecule has 0 spiro atoms. The van der Waals surface area contributed by atoms with Crippen LogP contribution in [0.4, 0.5) is 11.4 Å². The van der Waals surface area contributed by atoms with Crippen molar-refractivity contribution in [2.75, 3.05) is 11.5 Å². The average molecular weight is 453 g/mol. The van der Waals surface area contributed by atoms with E-state index in [0.29, 0.717) is 23.1 Å². The van der Waals surface area contributed by atoms with E-state index in [-0.39, 0.29) is 5.41 Å². The molecule has 34 heavy (non-hydrogen) atoms. The number of ether oxygens (including phenoxy) is 2. The Morgan fingerprint density at radius 3 is 1.38 bits per heavy atom. The zero-order valence-electron chi connectivity index (χ0n) is 19.0. The van der Waals surface area contributed by atoms with Crippen LogP contribution in [0.25, 0.3) is 0 Å². The summed E-state index contributed by atoms with van der Waals surface area (Å²) in [6.45, 7) is 0. The number of aromatic nitrogens is 2. The van der Waals surface area contributed by atoms with Crippen LogP contribution in [0.1, 0.15) is 43.2 Å². The second kappa shape index (κ2) is 9.43. The molecule has 1 fully saturated rings. The van der Waals surface area contributed by atoms with Gasteiger partial charge in [0.1, 0.15) is 11.5 Å². The zero-order chi connectivity index (χ0) is 23.4. The number of hydrogen-bond donors (Lipinski definition) is 2. The molecule has 4 aromatic rings. The summed E-state index contributed by atoms with van der Waals surface area (Å²) in [6.07, 6.45) is 9.12. The summed E-state index contributed by atoms with van der Waals surface area (Å²) >= 11 is 0. The number of nitrogens with two attached hydrogens (primary N) is 2. The first kappa shape index (κ1) is 21.8. The monoisotopic (exact) mass is 452 g/mol. The maximum absolute atomic E-state index is 5.90. The normalized spacial score (nSPS) is 14.9. The number of nitrogens with zero attached hydrogens (tertiary/aromatic N) is 2. The summed E-state index contributed by atoms with van der Waals surface area (Å²) in [7, 11) is 0. The van der Waals surface area contributed by atoms with Gasteiger partial charge in [-0.05, 0) is 60.4 Å². The highest BCUT2D eigenvalue weighted by Crippen LogP contribution is 2.45. The highest BCUT2D eigenvalue weighted by Gasteiger charge is 2.35. The van der Waals surface area contributed by atoms with Crippen LogP contribution in [0, 0.1) is 0 Å². The topological polar surface area (TPSA) is 96.3 Å². The first-order valence-electron chi connectivity index (χ1n) is 11.6. The van der Waals surface area contributed by atoms with Gasteiger partial charge in [0.2, 0.25) is 11.8 Å². The fourth-order valence-electron chi connectivity index (χ4n) is 4.73. The van der Waals surface area contributed by atoms with Crippen molar-refractivity contribution in [1.29, 1.82) is 0 Å². The fourth-order valence-corrected chi connectivity index (χ4v) is 4.73. The van der Waals surface area contributed by atoms with E-state index in [2.05, 4.69) is 34.2 Å². The lowest BCUT2D eigenvalue weighted by atomic mass is 9.65. The van der Waals surface area contributed by atoms with Crippen LogP contribution < -0.4 is 20.9 Å². The number of anilines is 2. The Labute approximate surface area is 199 Å². The first-order valence-corrected chi connectivity index (χ1v) is 11.6. The lowest BCUT2D eigenvalue weighted by Crippen LogP contribution is -2.30. The number of pyridine rings is 2. The van der Waals surface area contributed by atoms with E-state index in [0.717, 1.165) is 24.3 Å². The molecule has 0 atom stereocenters. The van der Waals surface area contributed by atoms with Gasteiger partial charge in [0.25, 0.3) is 0 Å². The molecule has 1 aliphatic carbocycles. The predicted octanol–water partition coefficient (Wildman–Crippen LogP) is 6.48. The van der Waals surface area contributed by atoms with E-state index in [1.54, 1.807) is 36.7 Å². The molecule has 0 saturated heterocycles. The van der Waals surface area contributed by atoms with Gasteiger partial charge in [-0.1, -0.05) is 43.5 Å². The zero-order valence-corrected chi connectivity index (χ0v) is 19.0. The minimum absolute atomic E-state index is 0.0196. The summed E-state index contributed by atoms with van der Waals surface area (Å²) in [5, 5.41) is 0. The average Bonchev–Trinajstić information content (AvgIpc) is 2.88. The third-order valence-electron chi connectivity index (χ3n) is 6.48. The molecular weight excluding hydrogens is 424 g/mol. The fraction of sp³-hybridized carbons (Fsp3) is 0.214. The van der Waals surface area contributed by atoms with Crippen LogP contribution in [0.3, 0.4) is 0 Å². The van der Waals surface area contributed by atoms with Gasteiger partial charge in [-0.3, -0.25) is 0 Å². The minimum atomic E-state index is -0.0196. The molecule has 0 bridgehead atoms. The van der Waals surface area contributed by atoms with Crippen molar-refractivity contribution in [2.45, 2.75) is 37.5 Å². The third-order valence-corrected chi connectivity index (χ3v) is 6.48. The van der Waals surface area contributed by atoms with Gasteiger partial charge < -0.3 is 20.9 Å². The van der Waals surface area contributed by atoms with E-state index in [4.69, 9.17) is 20.9 Å². The van der Waals surface area contributed by atoms with Gasteiger partial charge in [-0.15, -0.1) is 0 Å². The van der Waals surface area contributed by atoms with Crippen LogP contribution in [-0.2, 0) is 5.41 Å². The van der Waals surface area contributed by atoms with Crippen molar-refractivity contribution in [1.82, 2.24) is 9.97 Å². The highest BCUT2D eigenvalue weighted by atomic mass is 16.5. The van der Waals surface area contributed by atoms with Gasteiger partial charge in [-0.2, -0.15) is 0 Å². The van der Waals surface area contributed by atoms with Crippen molar-refractivity contribution < 1.29 is 9.47 Å². The molecule has 0 radical (unpaired) electrons. The quantitative estimate of drug-likeness (QED) is 0.348. The Hall–Kier alpha value is -4.06. The van der Waals surface area contributed by atoms with E-state index in [1.165, 1.54) is 30.4 Å². The van der Waals surface area contributed by atoms with Gasteiger partial charge in [0, 0.05) is 17.5 Å². The molecule has 4 N–H and O–H groups in total. The molecular formula is C28H28N4O2.